The van der Waals surface area contributed by atoms with Gasteiger partial charge < -0.3 is 5.73 Å². The number of hydrogen-bond donors (Lipinski definition) is 1. The van der Waals surface area contributed by atoms with Crippen LogP contribution in [0, 0.1) is 0 Å². The van der Waals surface area contributed by atoms with Crippen molar-refractivity contribution >= 4 is 15.8 Å². The van der Waals surface area contributed by atoms with Gasteiger partial charge >= 0.3 is 0 Å². The Hall–Kier alpha value is -1.07. The zero-order valence-electron chi connectivity index (χ0n) is 9.02. The number of para-hydroxylation sites is 1. The molecule has 0 radical (unpaired) electrons. The van der Waals surface area contributed by atoms with E-state index in [0.29, 0.717) is 0 Å². The van der Waals surface area contributed by atoms with Crippen LogP contribution in [0.3, 0.4) is 0 Å². The van der Waals surface area contributed by atoms with Gasteiger partial charge in [0.05, 0.1) is 11.3 Å². The molecule has 0 bridgehead atoms. The second-order valence-corrected chi connectivity index (χ2v) is 5.70. The molecule has 0 atom stereocenters. The van der Waals surface area contributed by atoms with Crippen LogP contribution in [0.25, 0.3) is 0 Å². The fourth-order valence-corrected chi connectivity index (χ4v) is 2.43. The highest BCUT2D eigenvalue weighted by molar-refractivity contribution is 7.87. The Morgan fingerprint density at radius 3 is 2.20 bits per heavy atom. The molecule has 0 unspecified atom stereocenters. The molecule has 0 amide bonds. The average molecular weight is 229 g/mol. The summed E-state index contributed by atoms with van der Waals surface area (Å²) in [5.41, 5.74) is 5.00. The fraction of sp³-hybridized carbons (Fsp3) is 0.400. The number of anilines is 1. The number of nitrogen functional groups attached to an aromatic ring is 1. The number of nitrogens with two attached hydrogens (primary N) is 1. The Morgan fingerprint density at radius 2 is 1.73 bits per heavy atom. The summed E-state index contributed by atoms with van der Waals surface area (Å²) in [7, 11) is -3.77. The van der Waals surface area contributed by atoms with Crippen LogP contribution in [0.5, 0.6) is 0 Å². The first-order valence-corrected chi connectivity index (χ1v) is 5.93. The Balaban J connectivity index is 3.13. The summed E-state index contributed by atoms with van der Waals surface area (Å²) in [5, 5.41) is 0. The number of rotatable bonds is 2. The van der Waals surface area contributed by atoms with E-state index >= 15 is 0 Å². The molecule has 5 heteroatoms. The Bertz CT molecular complexity index is 446. The Kier molecular flexibility index (Phi) is 3.06. The third-order valence-corrected chi connectivity index (χ3v) is 3.18. The smallest absolute Gasteiger partial charge is 0.299 e. The molecule has 0 aliphatic heterocycles. The second kappa shape index (κ2) is 3.83. The Morgan fingerprint density at radius 1 is 1.20 bits per heavy atom. The van der Waals surface area contributed by atoms with Crippen molar-refractivity contribution in [2.24, 2.45) is 0 Å². The second-order valence-electron chi connectivity index (χ2n) is 4.19. The van der Waals surface area contributed by atoms with Crippen LogP contribution in [0.2, 0.25) is 0 Å². The lowest BCUT2D eigenvalue weighted by atomic mass is 10.2. The van der Waals surface area contributed by atoms with Gasteiger partial charge in [-0.05, 0) is 32.9 Å². The zero-order valence-corrected chi connectivity index (χ0v) is 9.84. The average Bonchev–Trinajstić information content (AvgIpc) is 1.99. The zero-order chi connectivity index (χ0) is 11.7. The van der Waals surface area contributed by atoms with Crippen LogP contribution in [0.15, 0.2) is 29.2 Å². The third kappa shape index (κ3) is 3.21. The molecule has 0 saturated heterocycles. The maximum Gasteiger partial charge on any atom is 0.299 e. The molecule has 1 rings (SSSR count). The van der Waals surface area contributed by atoms with Gasteiger partial charge in [-0.1, -0.05) is 12.1 Å². The molecule has 0 aromatic heterocycles. The maximum absolute atomic E-state index is 11.8. The summed E-state index contributed by atoms with van der Waals surface area (Å²) >= 11 is 0. The molecule has 15 heavy (non-hydrogen) atoms. The minimum atomic E-state index is -3.77. The van der Waals surface area contributed by atoms with Gasteiger partial charge in [-0.25, -0.2) is 0 Å². The predicted octanol–water partition coefficient (Wildman–Crippen LogP) is 1.77. The van der Waals surface area contributed by atoms with Crippen LogP contribution in [0.4, 0.5) is 5.69 Å². The highest BCUT2D eigenvalue weighted by atomic mass is 32.2. The SMILES string of the molecule is CC(C)(C)OS(=O)(=O)c1ccccc1N. The Labute approximate surface area is 90.2 Å². The monoisotopic (exact) mass is 229 g/mol. The van der Waals surface area contributed by atoms with E-state index in [2.05, 4.69) is 0 Å². The van der Waals surface area contributed by atoms with Crippen molar-refractivity contribution < 1.29 is 12.6 Å². The van der Waals surface area contributed by atoms with Gasteiger partial charge in [0.1, 0.15) is 4.90 Å². The summed E-state index contributed by atoms with van der Waals surface area (Å²) in [6, 6.07) is 6.23. The lowest BCUT2D eigenvalue weighted by molar-refractivity contribution is 0.140. The molecule has 0 heterocycles. The summed E-state index contributed by atoms with van der Waals surface area (Å²) in [5.74, 6) is 0. The van der Waals surface area contributed by atoms with Gasteiger partial charge in [0.25, 0.3) is 10.1 Å². The van der Waals surface area contributed by atoms with Gasteiger partial charge in [0, 0.05) is 0 Å². The van der Waals surface area contributed by atoms with Crippen LogP contribution in [-0.2, 0) is 14.3 Å². The molecule has 0 aliphatic rings. The summed E-state index contributed by atoms with van der Waals surface area (Å²) in [6.45, 7) is 5.01. The molecule has 1 aromatic rings. The summed E-state index contributed by atoms with van der Waals surface area (Å²) < 4.78 is 28.5. The van der Waals surface area contributed by atoms with Gasteiger partial charge in [0.15, 0.2) is 0 Å². The quantitative estimate of drug-likeness (QED) is 0.620. The lowest BCUT2D eigenvalue weighted by Crippen LogP contribution is -2.24. The first kappa shape index (κ1) is 12.0. The van der Waals surface area contributed by atoms with Gasteiger partial charge in [0.2, 0.25) is 0 Å². The van der Waals surface area contributed by atoms with E-state index in [1.165, 1.54) is 12.1 Å². The minimum Gasteiger partial charge on any atom is -0.398 e. The molecular weight excluding hydrogens is 214 g/mol. The van der Waals surface area contributed by atoms with Crippen molar-refractivity contribution in [2.45, 2.75) is 31.3 Å². The van der Waals surface area contributed by atoms with E-state index in [0.717, 1.165) is 0 Å². The van der Waals surface area contributed by atoms with Gasteiger partial charge in [-0.15, -0.1) is 0 Å². The molecule has 0 spiro atoms. The first-order valence-electron chi connectivity index (χ1n) is 4.52. The van der Waals surface area contributed by atoms with E-state index in [1.807, 2.05) is 0 Å². The van der Waals surface area contributed by atoms with E-state index in [1.54, 1.807) is 32.9 Å². The molecule has 0 fully saturated rings. The highest BCUT2D eigenvalue weighted by Gasteiger charge is 2.25. The van der Waals surface area contributed by atoms with E-state index in [9.17, 15) is 8.42 Å². The topological polar surface area (TPSA) is 69.4 Å². The number of benzene rings is 1. The van der Waals surface area contributed by atoms with Crippen LogP contribution in [0.1, 0.15) is 20.8 Å². The van der Waals surface area contributed by atoms with Crippen molar-refractivity contribution in [1.82, 2.24) is 0 Å². The van der Waals surface area contributed by atoms with E-state index < -0.39 is 15.7 Å². The molecule has 2 N–H and O–H groups in total. The highest BCUT2D eigenvalue weighted by Crippen LogP contribution is 2.23. The number of hydrogen-bond acceptors (Lipinski definition) is 4. The fourth-order valence-electron chi connectivity index (χ4n) is 1.08. The summed E-state index contributed by atoms with van der Waals surface area (Å²) in [6.07, 6.45) is 0. The van der Waals surface area contributed by atoms with Crippen molar-refractivity contribution in [2.75, 3.05) is 5.73 Å². The van der Waals surface area contributed by atoms with Crippen molar-refractivity contribution in [3.8, 4) is 0 Å². The van der Waals surface area contributed by atoms with Crippen LogP contribution >= 0.6 is 0 Å². The normalized spacial score (nSPS) is 12.7. The minimum absolute atomic E-state index is 0.0138. The molecule has 0 aliphatic carbocycles. The predicted molar refractivity (Wildman–Crippen MR) is 58.9 cm³/mol. The van der Waals surface area contributed by atoms with Gasteiger partial charge in [-0.2, -0.15) is 8.42 Å². The van der Waals surface area contributed by atoms with Crippen LogP contribution in [-0.4, -0.2) is 14.0 Å². The first-order chi connectivity index (χ1) is 6.72. The van der Waals surface area contributed by atoms with Crippen LogP contribution < -0.4 is 5.73 Å². The maximum atomic E-state index is 11.8. The van der Waals surface area contributed by atoms with E-state index in [-0.39, 0.29) is 10.6 Å². The molecule has 84 valence electrons. The molecular formula is C10H15NO3S. The molecule has 0 saturated carbocycles. The van der Waals surface area contributed by atoms with E-state index in [4.69, 9.17) is 9.92 Å². The molecule has 1 aromatic carbocycles. The third-order valence-electron chi connectivity index (χ3n) is 1.55. The standard InChI is InChI=1S/C10H15NO3S/c1-10(2,3)14-15(12,13)9-7-5-4-6-8(9)11/h4-7H,11H2,1-3H3. The lowest BCUT2D eigenvalue weighted by Gasteiger charge is -2.19. The largest absolute Gasteiger partial charge is 0.398 e. The van der Waals surface area contributed by atoms with Crippen molar-refractivity contribution in [3.05, 3.63) is 24.3 Å². The summed E-state index contributed by atoms with van der Waals surface area (Å²) in [4.78, 5) is 0.0138. The molecule has 4 nitrogen and oxygen atoms in total. The van der Waals surface area contributed by atoms with Crippen molar-refractivity contribution in [3.63, 3.8) is 0 Å². The van der Waals surface area contributed by atoms with Crippen molar-refractivity contribution in [1.29, 1.82) is 0 Å². The van der Waals surface area contributed by atoms with Gasteiger partial charge in [-0.3, -0.25) is 4.18 Å².